The smallest absolute Gasteiger partial charge is 0.343 e. The van der Waals surface area contributed by atoms with Crippen molar-refractivity contribution in [1.82, 2.24) is 24.8 Å². The Bertz CT molecular complexity index is 827. The number of aromatic amines is 1. The molecule has 1 aliphatic rings. The topological polar surface area (TPSA) is 91.8 Å². The molecule has 2 aromatic heterocycles. The molecule has 0 aromatic carbocycles. The molecule has 2 aromatic rings. The molecular formula is C19H25N5O2. The number of hydrogen-bond donors (Lipinski definition) is 1. The third-order valence-electron chi connectivity index (χ3n) is 5.21. The largest absolute Gasteiger partial charge is 0.345 e. The first kappa shape index (κ1) is 18.2. The van der Waals surface area contributed by atoms with Crippen molar-refractivity contribution >= 4 is 5.91 Å². The van der Waals surface area contributed by atoms with Crippen LogP contribution in [0, 0.1) is 20.8 Å². The first-order valence-electron chi connectivity index (χ1n) is 9.06. The van der Waals surface area contributed by atoms with Crippen LogP contribution < -0.4 is 5.69 Å². The molecule has 0 atom stereocenters. The van der Waals surface area contributed by atoms with Gasteiger partial charge in [-0.15, -0.1) is 0 Å². The van der Waals surface area contributed by atoms with Crippen LogP contribution in [0.4, 0.5) is 0 Å². The molecule has 1 aliphatic heterocycles. The standard InChI is InChI=1S/C19H25N5O2/c1-12-10-20-11-21-18(12)15-6-8-24(9-7-15)17(25)5-4-16-13(2)22-19(26)23-14(16)3/h10-11,15H,4-9H2,1-3H3,(H,22,23,26). The number of carbonyl (C=O) groups excluding carboxylic acids is 1. The second kappa shape index (κ2) is 7.76. The highest BCUT2D eigenvalue weighted by molar-refractivity contribution is 5.76. The second-order valence-corrected chi connectivity index (χ2v) is 6.98. The van der Waals surface area contributed by atoms with Gasteiger partial charge in [-0.25, -0.2) is 14.8 Å². The Labute approximate surface area is 152 Å². The first-order valence-corrected chi connectivity index (χ1v) is 9.06. The molecule has 1 saturated heterocycles. The van der Waals surface area contributed by atoms with Crippen LogP contribution in [0.25, 0.3) is 0 Å². The highest BCUT2D eigenvalue weighted by Gasteiger charge is 2.25. The van der Waals surface area contributed by atoms with E-state index in [0.29, 0.717) is 24.5 Å². The number of likely N-dealkylation sites (tertiary alicyclic amines) is 1. The van der Waals surface area contributed by atoms with E-state index in [1.165, 1.54) is 0 Å². The van der Waals surface area contributed by atoms with Gasteiger partial charge in [0.05, 0.1) is 0 Å². The molecule has 0 unspecified atom stereocenters. The van der Waals surface area contributed by atoms with E-state index in [-0.39, 0.29) is 11.6 Å². The summed E-state index contributed by atoms with van der Waals surface area (Å²) in [6, 6.07) is 0. The van der Waals surface area contributed by atoms with Gasteiger partial charge in [-0.3, -0.25) is 4.79 Å². The van der Waals surface area contributed by atoms with Gasteiger partial charge >= 0.3 is 5.69 Å². The van der Waals surface area contributed by atoms with Crippen LogP contribution in [0.5, 0.6) is 0 Å². The summed E-state index contributed by atoms with van der Waals surface area (Å²) >= 11 is 0. The predicted octanol–water partition coefficient (Wildman–Crippen LogP) is 1.82. The monoisotopic (exact) mass is 355 g/mol. The van der Waals surface area contributed by atoms with Crippen molar-refractivity contribution in [2.45, 2.75) is 52.4 Å². The molecule has 0 aliphatic carbocycles. The van der Waals surface area contributed by atoms with Crippen LogP contribution in [-0.4, -0.2) is 43.8 Å². The molecule has 0 bridgehead atoms. The maximum Gasteiger partial charge on any atom is 0.345 e. The van der Waals surface area contributed by atoms with Gasteiger partial charge < -0.3 is 9.88 Å². The molecular weight excluding hydrogens is 330 g/mol. The molecule has 3 heterocycles. The average Bonchev–Trinajstić information content (AvgIpc) is 2.61. The van der Waals surface area contributed by atoms with Crippen molar-refractivity contribution in [3.63, 3.8) is 0 Å². The van der Waals surface area contributed by atoms with Crippen molar-refractivity contribution in [3.05, 3.63) is 51.2 Å². The lowest BCUT2D eigenvalue weighted by Crippen LogP contribution is -2.38. The fraction of sp³-hybridized carbons (Fsp3) is 0.526. The lowest BCUT2D eigenvalue weighted by molar-refractivity contribution is -0.132. The van der Waals surface area contributed by atoms with Crippen LogP contribution in [0.1, 0.15) is 53.4 Å². The SMILES string of the molecule is Cc1cncnc1C1CCN(C(=O)CCc2c(C)nc(=O)[nH]c2C)CC1. The van der Waals surface area contributed by atoms with E-state index >= 15 is 0 Å². The van der Waals surface area contributed by atoms with E-state index in [1.807, 2.05) is 31.9 Å². The number of hydrogen-bond acceptors (Lipinski definition) is 5. The van der Waals surface area contributed by atoms with Crippen molar-refractivity contribution in [1.29, 1.82) is 0 Å². The Morgan fingerprint density at radius 2 is 2.00 bits per heavy atom. The van der Waals surface area contributed by atoms with Gasteiger partial charge in [0.15, 0.2) is 0 Å². The number of aryl methyl sites for hydroxylation is 3. The summed E-state index contributed by atoms with van der Waals surface area (Å²) in [5.41, 5.74) is 4.36. The number of H-pyrrole nitrogens is 1. The minimum absolute atomic E-state index is 0.160. The zero-order chi connectivity index (χ0) is 18.7. The predicted molar refractivity (Wildman–Crippen MR) is 98.0 cm³/mol. The molecule has 1 N–H and O–H groups in total. The van der Waals surface area contributed by atoms with E-state index in [1.54, 1.807) is 6.33 Å². The number of nitrogens with zero attached hydrogens (tertiary/aromatic N) is 4. The highest BCUT2D eigenvalue weighted by atomic mass is 16.2. The Balaban J connectivity index is 1.56. The molecule has 0 saturated carbocycles. The lowest BCUT2D eigenvalue weighted by Gasteiger charge is -2.32. The quantitative estimate of drug-likeness (QED) is 0.903. The molecule has 1 amide bonds. The summed E-state index contributed by atoms with van der Waals surface area (Å²) in [5, 5.41) is 0. The van der Waals surface area contributed by atoms with E-state index in [2.05, 4.69) is 19.9 Å². The summed E-state index contributed by atoms with van der Waals surface area (Å²) in [5.74, 6) is 0.558. The summed E-state index contributed by atoms with van der Waals surface area (Å²) in [4.78, 5) is 41.0. The number of piperidine rings is 1. The number of rotatable bonds is 4. The second-order valence-electron chi connectivity index (χ2n) is 6.98. The Morgan fingerprint density at radius 1 is 1.27 bits per heavy atom. The fourth-order valence-corrected chi connectivity index (χ4v) is 3.75. The number of nitrogens with one attached hydrogen (secondary N) is 1. The summed E-state index contributed by atoms with van der Waals surface area (Å²) in [6.45, 7) is 7.22. The van der Waals surface area contributed by atoms with Gasteiger partial charge in [0, 0.05) is 48.7 Å². The van der Waals surface area contributed by atoms with Crippen molar-refractivity contribution in [2.24, 2.45) is 0 Å². The van der Waals surface area contributed by atoms with Crippen LogP contribution >= 0.6 is 0 Å². The molecule has 0 radical (unpaired) electrons. The van der Waals surface area contributed by atoms with E-state index in [9.17, 15) is 9.59 Å². The van der Waals surface area contributed by atoms with Crippen molar-refractivity contribution < 1.29 is 4.79 Å². The Hall–Kier alpha value is -2.57. The Morgan fingerprint density at radius 3 is 2.65 bits per heavy atom. The molecule has 26 heavy (non-hydrogen) atoms. The van der Waals surface area contributed by atoms with Crippen molar-refractivity contribution in [2.75, 3.05) is 13.1 Å². The summed E-state index contributed by atoms with van der Waals surface area (Å²) < 4.78 is 0. The summed E-state index contributed by atoms with van der Waals surface area (Å²) in [7, 11) is 0. The number of aromatic nitrogens is 4. The van der Waals surface area contributed by atoms with Gasteiger partial charge in [0.1, 0.15) is 6.33 Å². The van der Waals surface area contributed by atoms with Gasteiger partial charge in [0.2, 0.25) is 5.91 Å². The van der Waals surface area contributed by atoms with Crippen molar-refractivity contribution in [3.8, 4) is 0 Å². The maximum atomic E-state index is 12.6. The third kappa shape index (κ3) is 3.98. The fourth-order valence-electron chi connectivity index (χ4n) is 3.75. The van der Waals surface area contributed by atoms with Gasteiger partial charge in [-0.1, -0.05) is 0 Å². The van der Waals surface area contributed by atoms with E-state index in [4.69, 9.17) is 0 Å². The molecule has 0 spiro atoms. The molecule has 3 rings (SSSR count). The first-order chi connectivity index (χ1) is 12.5. The van der Waals surface area contributed by atoms with Gasteiger partial charge in [-0.2, -0.15) is 4.98 Å². The Kier molecular flexibility index (Phi) is 5.44. The van der Waals surface area contributed by atoms with Crippen LogP contribution in [-0.2, 0) is 11.2 Å². The minimum atomic E-state index is -0.336. The number of carbonyl (C=O) groups is 1. The molecule has 7 heteroatoms. The van der Waals surface area contributed by atoms with E-state index in [0.717, 1.165) is 48.4 Å². The normalized spacial score (nSPS) is 15.3. The maximum absolute atomic E-state index is 12.6. The van der Waals surface area contributed by atoms with Gasteiger partial charge in [0.25, 0.3) is 0 Å². The van der Waals surface area contributed by atoms with Crippen LogP contribution in [0.3, 0.4) is 0 Å². The molecule has 7 nitrogen and oxygen atoms in total. The minimum Gasteiger partial charge on any atom is -0.343 e. The highest BCUT2D eigenvalue weighted by Crippen LogP contribution is 2.28. The van der Waals surface area contributed by atoms with Crippen LogP contribution in [0.15, 0.2) is 17.3 Å². The molecule has 1 fully saturated rings. The summed E-state index contributed by atoms with van der Waals surface area (Å²) in [6.07, 6.45) is 6.35. The zero-order valence-electron chi connectivity index (χ0n) is 15.6. The molecule has 138 valence electrons. The van der Waals surface area contributed by atoms with Gasteiger partial charge in [-0.05, 0) is 51.2 Å². The third-order valence-corrected chi connectivity index (χ3v) is 5.21. The average molecular weight is 355 g/mol. The number of amides is 1. The van der Waals surface area contributed by atoms with E-state index < -0.39 is 0 Å². The zero-order valence-corrected chi connectivity index (χ0v) is 15.6. The van der Waals surface area contributed by atoms with Crippen LogP contribution in [0.2, 0.25) is 0 Å². The lowest BCUT2D eigenvalue weighted by atomic mass is 9.91.